The average molecular weight is 211 g/mol. The van der Waals surface area contributed by atoms with Crippen LogP contribution in [0.25, 0.3) is 6.08 Å². The minimum Gasteiger partial charge on any atom is -0.289 e. The first-order valence-corrected chi connectivity index (χ1v) is 4.14. The van der Waals surface area contributed by atoms with Gasteiger partial charge in [0.2, 0.25) is 0 Å². The highest BCUT2D eigenvalue weighted by Gasteiger charge is 2.09. The van der Waals surface area contributed by atoms with Gasteiger partial charge in [0.15, 0.2) is 0 Å². The molecule has 0 atom stereocenters. The highest BCUT2D eigenvalue weighted by Crippen LogP contribution is 2.24. The third-order valence-corrected chi connectivity index (χ3v) is 2.24. The van der Waals surface area contributed by atoms with Crippen molar-refractivity contribution in [2.45, 2.75) is 0 Å². The predicted octanol–water partition coefficient (Wildman–Crippen LogP) is 2.22. The van der Waals surface area contributed by atoms with Crippen molar-refractivity contribution in [1.29, 1.82) is 0 Å². The number of aromatic nitrogens is 1. The van der Waals surface area contributed by atoms with Crippen LogP contribution in [0.4, 0.5) is 5.82 Å². The number of rotatable bonds is 0. The molecule has 1 aromatic heterocycles. The van der Waals surface area contributed by atoms with Gasteiger partial charge in [-0.15, -0.1) is 0 Å². The van der Waals surface area contributed by atoms with Crippen LogP contribution in [0.5, 0.6) is 0 Å². The summed E-state index contributed by atoms with van der Waals surface area (Å²) < 4.78 is 1.95. The van der Waals surface area contributed by atoms with Crippen LogP contribution in [0.3, 0.4) is 0 Å². The zero-order chi connectivity index (χ0) is 7.68. The second-order valence-electron chi connectivity index (χ2n) is 2.36. The van der Waals surface area contributed by atoms with Gasteiger partial charge in [0.1, 0.15) is 5.82 Å². The van der Waals surface area contributed by atoms with Crippen LogP contribution in [0.1, 0.15) is 5.56 Å². The van der Waals surface area contributed by atoms with Crippen LogP contribution < -0.4 is 3.93 Å². The number of hydrogen-bond acceptors (Lipinski definition) is 2. The fourth-order valence-corrected chi connectivity index (χ4v) is 1.56. The number of anilines is 1. The van der Waals surface area contributed by atoms with Crippen molar-refractivity contribution in [2.75, 3.05) is 10.5 Å². The van der Waals surface area contributed by atoms with E-state index in [9.17, 15) is 0 Å². The van der Waals surface area contributed by atoms with Gasteiger partial charge >= 0.3 is 0 Å². The molecule has 0 radical (unpaired) electrons. The number of pyridine rings is 1. The minimum absolute atomic E-state index is 0.879. The first-order chi connectivity index (χ1) is 5.38. The van der Waals surface area contributed by atoms with Gasteiger partial charge < -0.3 is 0 Å². The Hall–Kier alpha value is -0.830. The summed E-state index contributed by atoms with van der Waals surface area (Å²) in [5.41, 5.74) is 1.16. The van der Waals surface area contributed by atoms with E-state index < -0.39 is 0 Å². The molecule has 0 saturated heterocycles. The van der Waals surface area contributed by atoms with Gasteiger partial charge in [0.25, 0.3) is 0 Å². The van der Waals surface area contributed by atoms with E-state index in [1.807, 2.05) is 16.1 Å². The van der Waals surface area contributed by atoms with Gasteiger partial charge in [-0.3, -0.25) is 3.93 Å². The Morgan fingerprint density at radius 2 is 2.45 bits per heavy atom. The molecule has 0 spiro atoms. The molecule has 0 bridgehead atoms. The maximum absolute atomic E-state index is 4.23. The molecule has 2 heterocycles. The van der Waals surface area contributed by atoms with Gasteiger partial charge in [0.05, 0.1) is 16.1 Å². The summed E-state index contributed by atoms with van der Waals surface area (Å²) in [4.78, 5) is 4.23. The van der Waals surface area contributed by atoms with Crippen molar-refractivity contribution in [1.82, 2.24) is 4.98 Å². The molecule has 1 aromatic rings. The lowest BCUT2D eigenvalue weighted by atomic mass is 10.2. The second kappa shape index (κ2) is 2.66. The molecule has 0 N–H and O–H groups in total. The molecule has 0 saturated carbocycles. The summed E-state index contributed by atoms with van der Waals surface area (Å²) in [7, 11) is 0. The average Bonchev–Trinajstić information content (AvgIpc) is 2.06. The topological polar surface area (TPSA) is 16.1 Å². The molecule has 1 aliphatic rings. The number of halogens is 1. The summed E-state index contributed by atoms with van der Waals surface area (Å²) in [5, 5.41) is 0. The molecule has 0 aliphatic carbocycles. The lowest BCUT2D eigenvalue weighted by Crippen LogP contribution is -2.14. The van der Waals surface area contributed by atoms with Gasteiger partial charge in [-0.1, -0.05) is 12.2 Å². The van der Waals surface area contributed by atoms with Gasteiger partial charge in [-0.2, -0.15) is 0 Å². The third kappa shape index (κ3) is 1.16. The van der Waals surface area contributed by atoms with Crippen LogP contribution in [-0.4, -0.2) is 11.5 Å². The zero-order valence-electron chi connectivity index (χ0n) is 5.87. The Morgan fingerprint density at radius 3 is 3.27 bits per heavy atom. The van der Waals surface area contributed by atoms with Crippen molar-refractivity contribution in [2.24, 2.45) is 0 Å². The fraction of sp³-hybridized carbons (Fsp3) is 0.125. The smallest absolute Gasteiger partial charge is 0.145 e. The van der Waals surface area contributed by atoms with Gasteiger partial charge in [0, 0.05) is 18.3 Å². The highest BCUT2D eigenvalue weighted by molar-refractivity contribution is 9.10. The van der Waals surface area contributed by atoms with E-state index >= 15 is 0 Å². The molecule has 0 amide bonds. The van der Waals surface area contributed by atoms with Crippen molar-refractivity contribution < 1.29 is 0 Å². The summed E-state index contributed by atoms with van der Waals surface area (Å²) >= 11 is 3.41. The van der Waals surface area contributed by atoms with E-state index in [0.29, 0.717) is 0 Å². The molecular weight excluding hydrogens is 204 g/mol. The van der Waals surface area contributed by atoms with Gasteiger partial charge in [-0.05, 0) is 12.1 Å². The molecule has 0 aromatic carbocycles. The summed E-state index contributed by atoms with van der Waals surface area (Å²) in [6.07, 6.45) is 5.98. The summed E-state index contributed by atoms with van der Waals surface area (Å²) in [6.45, 7) is 0.879. The third-order valence-electron chi connectivity index (χ3n) is 1.61. The first-order valence-electron chi connectivity index (χ1n) is 3.43. The summed E-state index contributed by atoms with van der Waals surface area (Å²) in [5.74, 6) is 0.995. The molecule has 0 unspecified atom stereocenters. The molecule has 2 nitrogen and oxygen atoms in total. The van der Waals surface area contributed by atoms with E-state index in [0.717, 1.165) is 17.9 Å². The first kappa shape index (κ1) is 6.85. The SMILES string of the molecule is BrN1CC=Cc2cccnc21. The molecule has 11 heavy (non-hydrogen) atoms. The van der Waals surface area contributed by atoms with Crippen LogP contribution in [-0.2, 0) is 0 Å². The van der Waals surface area contributed by atoms with Crippen LogP contribution in [0, 0.1) is 0 Å². The Morgan fingerprint density at radius 1 is 1.55 bits per heavy atom. The number of fused-ring (bicyclic) bond motifs is 1. The molecular formula is C8H7BrN2. The predicted molar refractivity (Wildman–Crippen MR) is 49.5 cm³/mol. The molecule has 0 fully saturated rings. The van der Waals surface area contributed by atoms with E-state index in [4.69, 9.17) is 0 Å². The van der Waals surface area contributed by atoms with Crippen molar-refractivity contribution in [3.63, 3.8) is 0 Å². The van der Waals surface area contributed by atoms with Gasteiger partial charge in [-0.25, -0.2) is 4.98 Å². The quantitative estimate of drug-likeness (QED) is 0.611. The molecule has 56 valence electrons. The monoisotopic (exact) mass is 210 g/mol. The standard InChI is InChI=1S/C8H7BrN2/c9-11-6-2-4-7-3-1-5-10-8(7)11/h1-5H,6H2. The maximum atomic E-state index is 4.23. The fourth-order valence-electron chi connectivity index (χ4n) is 1.10. The zero-order valence-corrected chi connectivity index (χ0v) is 7.45. The Kier molecular flexibility index (Phi) is 1.66. The second-order valence-corrected chi connectivity index (χ2v) is 3.22. The van der Waals surface area contributed by atoms with E-state index in [2.05, 4.69) is 33.3 Å². The lowest BCUT2D eigenvalue weighted by Gasteiger charge is -2.18. The normalized spacial score (nSPS) is 14.8. The van der Waals surface area contributed by atoms with Crippen molar-refractivity contribution in [3.8, 4) is 0 Å². The van der Waals surface area contributed by atoms with Crippen molar-refractivity contribution in [3.05, 3.63) is 30.0 Å². The minimum atomic E-state index is 0.879. The number of nitrogens with zero attached hydrogens (tertiary/aromatic N) is 2. The molecule has 1 aliphatic heterocycles. The Balaban J connectivity index is 2.54. The van der Waals surface area contributed by atoms with E-state index in [1.54, 1.807) is 6.20 Å². The van der Waals surface area contributed by atoms with E-state index in [1.165, 1.54) is 0 Å². The maximum Gasteiger partial charge on any atom is 0.145 e. The largest absolute Gasteiger partial charge is 0.289 e. The van der Waals surface area contributed by atoms with E-state index in [-0.39, 0.29) is 0 Å². The lowest BCUT2D eigenvalue weighted by molar-refractivity contribution is 1.13. The molecule has 3 heteroatoms. The Bertz CT molecular complexity index is 296. The molecule has 2 rings (SSSR count). The Labute approximate surface area is 73.9 Å². The number of hydrogen-bond donors (Lipinski definition) is 0. The summed E-state index contributed by atoms with van der Waals surface area (Å²) in [6, 6.07) is 3.99. The van der Waals surface area contributed by atoms with Crippen LogP contribution >= 0.6 is 16.1 Å². The van der Waals surface area contributed by atoms with Crippen LogP contribution in [0.2, 0.25) is 0 Å². The van der Waals surface area contributed by atoms with Crippen molar-refractivity contribution >= 4 is 28.0 Å². The highest BCUT2D eigenvalue weighted by atomic mass is 79.9. The van der Waals surface area contributed by atoms with Crippen LogP contribution in [0.15, 0.2) is 24.4 Å².